The van der Waals surface area contributed by atoms with E-state index < -0.39 is 5.97 Å². The average molecular weight is 232 g/mol. The number of carboxylic acid groups (broad SMARTS) is 1. The van der Waals surface area contributed by atoms with E-state index in [0.29, 0.717) is 12.5 Å². The van der Waals surface area contributed by atoms with Crippen LogP contribution >= 0.6 is 0 Å². The Morgan fingerprint density at radius 2 is 2.00 bits per heavy atom. The molecule has 5 nitrogen and oxygen atoms in total. The highest BCUT2D eigenvalue weighted by molar-refractivity contribution is 5.69. The third-order valence-electron chi connectivity index (χ3n) is 2.24. The van der Waals surface area contributed by atoms with Gasteiger partial charge in [-0.1, -0.05) is 6.92 Å². The molecule has 0 heterocycles. The lowest BCUT2D eigenvalue weighted by molar-refractivity contribution is -0.138. The first kappa shape index (κ1) is 15.3. The number of carboxylic acids is 1. The number of aliphatic carboxylic acids is 1. The quantitative estimate of drug-likeness (QED) is 0.616. The molecular weight excluding hydrogens is 208 g/mol. The van der Waals surface area contributed by atoms with Crippen LogP contribution in [0, 0.1) is 5.92 Å². The summed E-state index contributed by atoms with van der Waals surface area (Å²) in [6.07, 6.45) is 0. The topological polar surface area (TPSA) is 53.0 Å². The number of hydrogen-bond acceptors (Lipinski definition) is 4. The molecule has 0 saturated heterocycles. The summed E-state index contributed by atoms with van der Waals surface area (Å²) in [6, 6.07) is 0. The van der Waals surface area contributed by atoms with Gasteiger partial charge in [0.25, 0.3) is 0 Å². The molecule has 96 valence electrons. The number of methoxy groups -OCH3 is 1. The van der Waals surface area contributed by atoms with Crippen LogP contribution in [-0.4, -0.2) is 74.9 Å². The summed E-state index contributed by atoms with van der Waals surface area (Å²) in [5.41, 5.74) is 0. The zero-order chi connectivity index (χ0) is 12.6. The van der Waals surface area contributed by atoms with Crippen molar-refractivity contribution in [3.8, 4) is 0 Å². The molecule has 16 heavy (non-hydrogen) atoms. The van der Waals surface area contributed by atoms with E-state index in [-0.39, 0.29) is 6.54 Å². The summed E-state index contributed by atoms with van der Waals surface area (Å²) < 4.78 is 5.05. The van der Waals surface area contributed by atoms with Gasteiger partial charge in [0.05, 0.1) is 6.54 Å². The molecule has 0 aliphatic heterocycles. The second-order valence-corrected chi connectivity index (χ2v) is 4.49. The fraction of sp³-hybridized carbons (Fsp3) is 0.909. The molecule has 0 bridgehead atoms. The van der Waals surface area contributed by atoms with E-state index in [1.165, 1.54) is 0 Å². The molecule has 0 aromatic carbocycles. The van der Waals surface area contributed by atoms with E-state index in [1.54, 1.807) is 7.11 Å². The predicted molar refractivity (Wildman–Crippen MR) is 63.7 cm³/mol. The molecule has 0 aromatic rings. The zero-order valence-corrected chi connectivity index (χ0v) is 10.8. The molecule has 0 aliphatic carbocycles. The number of ether oxygens (including phenoxy) is 1. The predicted octanol–water partition coefficient (Wildman–Crippen LogP) is 0.217. The van der Waals surface area contributed by atoms with Crippen molar-refractivity contribution in [3.05, 3.63) is 0 Å². The Balaban J connectivity index is 4.03. The molecule has 5 heteroatoms. The molecule has 0 rings (SSSR count). The van der Waals surface area contributed by atoms with E-state index in [2.05, 4.69) is 11.8 Å². The summed E-state index contributed by atoms with van der Waals surface area (Å²) in [6.45, 7) is 5.22. The number of nitrogens with zero attached hydrogens (tertiary/aromatic N) is 2. The average Bonchev–Trinajstić information content (AvgIpc) is 2.13. The highest BCUT2D eigenvalue weighted by Crippen LogP contribution is 2.00. The van der Waals surface area contributed by atoms with Crippen LogP contribution < -0.4 is 0 Å². The van der Waals surface area contributed by atoms with Crippen LogP contribution in [-0.2, 0) is 9.53 Å². The van der Waals surface area contributed by atoms with Crippen LogP contribution in [0.4, 0.5) is 0 Å². The van der Waals surface area contributed by atoms with Gasteiger partial charge in [-0.3, -0.25) is 9.69 Å². The number of likely N-dealkylation sites (N-methyl/N-ethyl adjacent to an activating group) is 1. The summed E-state index contributed by atoms with van der Waals surface area (Å²) in [5.74, 6) is -0.421. The second kappa shape index (κ2) is 8.50. The van der Waals surface area contributed by atoms with Gasteiger partial charge in [0, 0.05) is 33.4 Å². The van der Waals surface area contributed by atoms with Gasteiger partial charge >= 0.3 is 5.97 Å². The van der Waals surface area contributed by atoms with E-state index >= 15 is 0 Å². The van der Waals surface area contributed by atoms with Gasteiger partial charge in [-0.2, -0.15) is 0 Å². The Labute approximate surface area is 98.0 Å². The maximum Gasteiger partial charge on any atom is 0.317 e. The molecular formula is C11H24N2O3. The van der Waals surface area contributed by atoms with E-state index in [4.69, 9.17) is 9.84 Å². The molecule has 0 amide bonds. The van der Waals surface area contributed by atoms with Gasteiger partial charge in [-0.15, -0.1) is 0 Å². The van der Waals surface area contributed by atoms with Crippen molar-refractivity contribution in [2.75, 3.05) is 54.0 Å². The minimum atomic E-state index is -0.775. The monoisotopic (exact) mass is 232 g/mol. The van der Waals surface area contributed by atoms with Crippen LogP contribution in [0.3, 0.4) is 0 Å². The minimum Gasteiger partial charge on any atom is -0.480 e. The number of rotatable bonds is 9. The second-order valence-electron chi connectivity index (χ2n) is 4.49. The number of hydrogen-bond donors (Lipinski definition) is 1. The Hall–Kier alpha value is -0.650. The lowest BCUT2D eigenvalue weighted by atomic mass is 10.2. The lowest BCUT2D eigenvalue weighted by Crippen LogP contribution is -2.39. The van der Waals surface area contributed by atoms with Gasteiger partial charge in [0.1, 0.15) is 0 Å². The molecule has 1 atom stereocenters. The van der Waals surface area contributed by atoms with E-state index in [1.807, 2.05) is 19.0 Å². The summed E-state index contributed by atoms with van der Waals surface area (Å²) in [5, 5.41) is 8.81. The molecule has 0 spiro atoms. The first-order valence-electron chi connectivity index (χ1n) is 5.53. The fourth-order valence-corrected chi connectivity index (χ4v) is 1.55. The third kappa shape index (κ3) is 8.64. The molecule has 0 aromatic heterocycles. The SMILES string of the molecule is COCC(C)CN(CCN(C)C)CC(=O)O. The van der Waals surface area contributed by atoms with Gasteiger partial charge < -0.3 is 14.7 Å². The summed E-state index contributed by atoms with van der Waals surface area (Å²) >= 11 is 0. The maximum atomic E-state index is 10.7. The number of carbonyl (C=O) groups is 1. The molecule has 0 aliphatic rings. The third-order valence-corrected chi connectivity index (χ3v) is 2.24. The summed E-state index contributed by atoms with van der Waals surface area (Å²) in [7, 11) is 5.63. The van der Waals surface area contributed by atoms with Crippen molar-refractivity contribution < 1.29 is 14.6 Å². The highest BCUT2D eigenvalue weighted by atomic mass is 16.5. The highest BCUT2D eigenvalue weighted by Gasteiger charge is 2.13. The Bertz CT molecular complexity index is 198. The Kier molecular flexibility index (Phi) is 8.15. The van der Waals surface area contributed by atoms with Crippen LogP contribution in [0.15, 0.2) is 0 Å². The Morgan fingerprint density at radius 3 is 2.44 bits per heavy atom. The molecule has 0 fully saturated rings. The van der Waals surface area contributed by atoms with Crippen molar-refractivity contribution >= 4 is 5.97 Å². The van der Waals surface area contributed by atoms with Crippen LogP contribution in [0.25, 0.3) is 0 Å². The van der Waals surface area contributed by atoms with Gasteiger partial charge in [0.2, 0.25) is 0 Å². The minimum absolute atomic E-state index is 0.0991. The fourth-order valence-electron chi connectivity index (χ4n) is 1.55. The molecule has 0 saturated carbocycles. The van der Waals surface area contributed by atoms with Crippen molar-refractivity contribution in [1.29, 1.82) is 0 Å². The van der Waals surface area contributed by atoms with E-state index in [0.717, 1.165) is 19.6 Å². The molecule has 1 unspecified atom stereocenters. The van der Waals surface area contributed by atoms with Gasteiger partial charge in [0.15, 0.2) is 0 Å². The van der Waals surface area contributed by atoms with Crippen LogP contribution in [0.2, 0.25) is 0 Å². The summed E-state index contributed by atoms with van der Waals surface area (Å²) in [4.78, 5) is 14.7. The molecule has 1 N–H and O–H groups in total. The van der Waals surface area contributed by atoms with Gasteiger partial charge in [-0.05, 0) is 20.0 Å². The molecule has 0 radical (unpaired) electrons. The Morgan fingerprint density at radius 1 is 1.38 bits per heavy atom. The normalized spacial score (nSPS) is 13.4. The smallest absolute Gasteiger partial charge is 0.317 e. The standard InChI is InChI=1S/C11H24N2O3/c1-10(9-16-4)7-13(8-11(14)15)6-5-12(2)3/h10H,5-9H2,1-4H3,(H,14,15). The van der Waals surface area contributed by atoms with Crippen molar-refractivity contribution in [1.82, 2.24) is 9.80 Å². The largest absolute Gasteiger partial charge is 0.480 e. The lowest BCUT2D eigenvalue weighted by Gasteiger charge is -2.25. The maximum absolute atomic E-state index is 10.7. The van der Waals surface area contributed by atoms with Crippen molar-refractivity contribution in [2.24, 2.45) is 5.92 Å². The first-order chi connectivity index (χ1) is 7.45. The van der Waals surface area contributed by atoms with Gasteiger partial charge in [-0.25, -0.2) is 0 Å². The van der Waals surface area contributed by atoms with Crippen molar-refractivity contribution in [3.63, 3.8) is 0 Å². The van der Waals surface area contributed by atoms with Crippen molar-refractivity contribution in [2.45, 2.75) is 6.92 Å². The van der Waals surface area contributed by atoms with Crippen LogP contribution in [0.5, 0.6) is 0 Å². The van der Waals surface area contributed by atoms with E-state index in [9.17, 15) is 4.79 Å². The first-order valence-corrected chi connectivity index (χ1v) is 5.53. The zero-order valence-electron chi connectivity index (χ0n) is 10.8. The van der Waals surface area contributed by atoms with Crippen LogP contribution in [0.1, 0.15) is 6.92 Å².